The van der Waals surface area contributed by atoms with Crippen molar-refractivity contribution in [2.75, 3.05) is 5.75 Å². The molecule has 0 atom stereocenters. The van der Waals surface area contributed by atoms with Gasteiger partial charge in [-0.3, -0.25) is 4.79 Å². The van der Waals surface area contributed by atoms with Gasteiger partial charge in [-0.25, -0.2) is 13.4 Å². The second kappa shape index (κ2) is 5.47. The molecular weight excluding hydrogens is 284 g/mol. The largest absolute Gasteiger partial charge is 0.748 e. The molecule has 0 unspecified atom stereocenters. The SMILES string of the molecule is Cc1cc(=O)[nH]c(-c2cc[n+](CCS(=O)(=O)[O-])nc2)n1. The van der Waals surface area contributed by atoms with Crippen LogP contribution in [0.2, 0.25) is 0 Å². The van der Waals surface area contributed by atoms with E-state index in [4.69, 9.17) is 0 Å². The molecule has 0 spiro atoms. The molecule has 106 valence electrons. The number of rotatable bonds is 4. The molecule has 0 aliphatic carbocycles. The van der Waals surface area contributed by atoms with Crippen LogP contribution in [0.4, 0.5) is 0 Å². The second-order valence-electron chi connectivity index (χ2n) is 4.18. The predicted molar refractivity (Wildman–Crippen MR) is 67.6 cm³/mol. The van der Waals surface area contributed by atoms with Crippen molar-refractivity contribution < 1.29 is 17.7 Å². The summed E-state index contributed by atoms with van der Waals surface area (Å²) >= 11 is 0. The molecule has 0 aliphatic heterocycles. The van der Waals surface area contributed by atoms with Crippen molar-refractivity contribution >= 4 is 10.1 Å². The molecule has 9 heteroatoms. The van der Waals surface area contributed by atoms with Gasteiger partial charge in [0.15, 0.2) is 12.7 Å². The Morgan fingerprint density at radius 3 is 2.75 bits per heavy atom. The molecule has 2 aromatic rings. The van der Waals surface area contributed by atoms with Crippen molar-refractivity contribution in [1.29, 1.82) is 0 Å². The van der Waals surface area contributed by atoms with Crippen LogP contribution in [0.25, 0.3) is 11.4 Å². The Morgan fingerprint density at radius 2 is 2.20 bits per heavy atom. The Morgan fingerprint density at radius 1 is 1.45 bits per heavy atom. The van der Waals surface area contributed by atoms with Gasteiger partial charge >= 0.3 is 0 Å². The van der Waals surface area contributed by atoms with Gasteiger partial charge in [-0.1, -0.05) is 4.68 Å². The van der Waals surface area contributed by atoms with Crippen molar-refractivity contribution in [1.82, 2.24) is 15.1 Å². The third-order valence-electron chi connectivity index (χ3n) is 2.48. The highest BCUT2D eigenvalue weighted by Gasteiger charge is 2.08. The number of hydrogen-bond donors (Lipinski definition) is 1. The standard InChI is InChI=1S/C11H12N4O4S/c1-8-6-10(16)14-11(13-8)9-2-3-15(12-7-9)4-5-20(17,18)19/h2-3,6-7H,4-5H2,1H3,(H-,13,14,16,17,18,19). The van der Waals surface area contributed by atoms with E-state index >= 15 is 0 Å². The Kier molecular flexibility index (Phi) is 3.91. The predicted octanol–water partition coefficient (Wildman–Crippen LogP) is -1.03. The summed E-state index contributed by atoms with van der Waals surface area (Å²) in [6.45, 7) is 1.68. The lowest BCUT2D eigenvalue weighted by Gasteiger charge is -2.03. The molecule has 0 amide bonds. The van der Waals surface area contributed by atoms with Gasteiger partial charge in [-0.05, 0) is 12.0 Å². The van der Waals surface area contributed by atoms with Gasteiger partial charge in [0.25, 0.3) is 5.56 Å². The van der Waals surface area contributed by atoms with E-state index < -0.39 is 15.9 Å². The Balaban J connectivity index is 2.21. The van der Waals surface area contributed by atoms with Crippen molar-refractivity contribution in [2.45, 2.75) is 13.5 Å². The fraction of sp³-hybridized carbons (Fsp3) is 0.273. The van der Waals surface area contributed by atoms with Crippen molar-refractivity contribution in [3.05, 3.63) is 40.6 Å². The van der Waals surface area contributed by atoms with Crippen molar-refractivity contribution in [2.24, 2.45) is 0 Å². The number of aryl methyl sites for hydroxylation is 2. The first kappa shape index (κ1) is 14.3. The minimum Gasteiger partial charge on any atom is -0.748 e. The maximum atomic E-state index is 11.3. The molecule has 0 fully saturated rings. The summed E-state index contributed by atoms with van der Waals surface area (Å²) < 4.78 is 32.9. The van der Waals surface area contributed by atoms with Crippen LogP contribution in [0.15, 0.2) is 29.3 Å². The smallest absolute Gasteiger partial charge is 0.251 e. The van der Waals surface area contributed by atoms with Gasteiger partial charge in [-0.2, -0.15) is 0 Å². The zero-order valence-electron chi connectivity index (χ0n) is 10.6. The quantitative estimate of drug-likeness (QED) is 0.569. The number of aromatic nitrogens is 4. The zero-order chi connectivity index (χ0) is 14.8. The van der Waals surface area contributed by atoms with E-state index in [1.807, 2.05) is 0 Å². The van der Waals surface area contributed by atoms with Crippen LogP contribution in [-0.4, -0.2) is 33.8 Å². The molecule has 0 aromatic carbocycles. The van der Waals surface area contributed by atoms with Crippen LogP contribution in [0.5, 0.6) is 0 Å². The van der Waals surface area contributed by atoms with Crippen LogP contribution in [-0.2, 0) is 16.7 Å². The second-order valence-corrected chi connectivity index (χ2v) is 5.70. The van der Waals surface area contributed by atoms with E-state index in [0.29, 0.717) is 17.1 Å². The van der Waals surface area contributed by atoms with Gasteiger partial charge < -0.3 is 9.54 Å². The van der Waals surface area contributed by atoms with Crippen molar-refractivity contribution in [3.8, 4) is 11.4 Å². The van der Waals surface area contributed by atoms with Crippen LogP contribution < -0.4 is 10.2 Å². The summed E-state index contributed by atoms with van der Waals surface area (Å²) in [5.74, 6) is -0.144. The maximum absolute atomic E-state index is 11.3. The first-order valence-electron chi connectivity index (χ1n) is 5.71. The molecule has 2 aromatic heterocycles. The fourth-order valence-corrected chi connectivity index (χ4v) is 1.99. The molecule has 0 radical (unpaired) electrons. The van der Waals surface area contributed by atoms with E-state index in [-0.39, 0.29) is 12.1 Å². The normalized spacial score (nSPS) is 11.5. The van der Waals surface area contributed by atoms with Gasteiger partial charge in [0.05, 0.1) is 5.75 Å². The van der Waals surface area contributed by atoms with E-state index in [1.165, 1.54) is 23.1 Å². The minimum atomic E-state index is -4.27. The van der Waals surface area contributed by atoms with E-state index in [9.17, 15) is 17.8 Å². The van der Waals surface area contributed by atoms with Crippen LogP contribution >= 0.6 is 0 Å². The molecule has 1 N–H and O–H groups in total. The molecular formula is C11H12N4O4S. The molecule has 20 heavy (non-hydrogen) atoms. The summed E-state index contributed by atoms with van der Waals surface area (Å²) in [4.78, 5) is 18.1. The molecule has 0 saturated carbocycles. The van der Waals surface area contributed by atoms with Gasteiger partial charge in [0.2, 0.25) is 0 Å². The number of hydrogen-bond acceptors (Lipinski definition) is 6. The average molecular weight is 296 g/mol. The first-order valence-corrected chi connectivity index (χ1v) is 7.29. The highest BCUT2D eigenvalue weighted by Crippen LogP contribution is 2.09. The summed E-state index contributed by atoms with van der Waals surface area (Å²) in [7, 11) is -4.27. The molecule has 0 bridgehead atoms. The lowest BCUT2D eigenvalue weighted by atomic mass is 10.3. The molecule has 2 heterocycles. The van der Waals surface area contributed by atoms with Crippen LogP contribution in [0.3, 0.4) is 0 Å². The third-order valence-corrected chi connectivity index (χ3v) is 3.17. The number of nitrogens with one attached hydrogen (secondary N) is 1. The Bertz CT molecular complexity index is 768. The van der Waals surface area contributed by atoms with E-state index in [2.05, 4.69) is 15.1 Å². The summed E-state index contributed by atoms with van der Waals surface area (Å²) in [5.41, 5.74) is 0.909. The Labute approximate surface area is 114 Å². The highest BCUT2D eigenvalue weighted by atomic mass is 32.2. The van der Waals surface area contributed by atoms with E-state index in [1.54, 1.807) is 13.0 Å². The van der Waals surface area contributed by atoms with Crippen LogP contribution in [0, 0.1) is 6.92 Å². The number of H-pyrrole nitrogens is 1. The van der Waals surface area contributed by atoms with Crippen molar-refractivity contribution in [3.63, 3.8) is 0 Å². The topological polar surface area (TPSA) is 120 Å². The van der Waals surface area contributed by atoms with E-state index in [0.717, 1.165) is 0 Å². The highest BCUT2D eigenvalue weighted by molar-refractivity contribution is 7.85. The fourth-order valence-electron chi connectivity index (χ4n) is 1.58. The lowest BCUT2D eigenvalue weighted by molar-refractivity contribution is -0.750. The minimum absolute atomic E-state index is 0.0239. The molecule has 8 nitrogen and oxygen atoms in total. The number of nitrogens with zero attached hydrogens (tertiary/aromatic N) is 3. The average Bonchev–Trinajstić information content (AvgIpc) is 2.35. The summed E-state index contributed by atoms with van der Waals surface area (Å²) in [6, 6.07) is 3.00. The lowest BCUT2D eigenvalue weighted by Crippen LogP contribution is -2.40. The van der Waals surface area contributed by atoms with Gasteiger partial charge in [0.1, 0.15) is 22.1 Å². The molecule has 2 rings (SSSR count). The first-order chi connectivity index (χ1) is 9.33. The van der Waals surface area contributed by atoms with Gasteiger partial charge in [0, 0.05) is 23.4 Å². The Hall–Kier alpha value is -2.13. The van der Waals surface area contributed by atoms with Gasteiger partial charge in [-0.15, -0.1) is 0 Å². The molecule has 0 saturated heterocycles. The third kappa shape index (κ3) is 3.93. The summed E-state index contributed by atoms with van der Waals surface area (Å²) in [6.07, 6.45) is 2.96. The number of aromatic amines is 1. The summed E-state index contributed by atoms with van der Waals surface area (Å²) in [5, 5.41) is 3.97. The monoisotopic (exact) mass is 296 g/mol. The zero-order valence-corrected chi connectivity index (χ0v) is 11.4. The van der Waals surface area contributed by atoms with Crippen LogP contribution in [0.1, 0.15) is 5.69 Å². The maximum Gasteiger partial charge on any atom is 0.251 e. The molecule has 0 aliphatic rings.